The summed E-state index contributed by atoms with van der Waals surface area (Å²) in [6.45, 7) is 9.84. The van der Waals surface area contributed by atoms with Gasteiger partial charge in [-0.1, -0.05) is 136 Å². The van der Waals surface area contributed by atoms with E-state index in [1.54, 1.807) is 20.8 Å². The van der Waals surface area contributed by atoms with Crippen molar-refractivity contribution >= 4 is 17.9 Å². The topological polar surface area (TPSA) is 115 Å². The molecule has 0 spiro atoms. The van der Waals surface area contributed by atoms with Crippen LogP contribution < -0.4 is 5.11 Å². The highest BCUT2D eigenvalue weighted by Gasteiger charge is 2.30. The number of carbonyl (C=O) groups excluding carboxylic acids is 1. The molecule has 0 aromatic heterocycles. The number of quaternary nitrogens is 1. The number of hydrogen-bond donors (Lipinski definition) is 2. The summed E-state index contributed by atoms with van der Waals surface area (Å²) in [5, 5.41) is 30.3. The Balaban J connectivity index is 4.25. The van der Waals surface area contributed by atoms with Crippen molar-refractivity contribution in [3.63, 3.8) is 0 Å². The second-order valence-electron chi connectivity index (χ2n) is 14.4. The lowest BCUT2D eigenvalue weighted by molar-refractivity contribution is -0.929. The van der Waals surface area contributed by atoms with Gasteiger partial charge in [-0.3, -0.25) is 9.59 Å². The highest BCUT2D eigenvalue weighted by Crippen LogP contribution is 2.22. The molecular formula is C39H73NO6. The van der Waals surface area contributed by atoms with Crippen LogP contribution in [0.3, 0.4) is 0 Å². The minimum atomic E-state index is -1.07. The van der Waals surface area contributed by atoms with Gasteiger partial charge in [0, 0.05) is 31.1 Å². The molecule has 0 saturated carbocycles. The van der Waals surface area contributed by atoms with Gasteiger partial charge >= 0.3 is 11.9 Å². The number of unbranched alkanes of at least 4 members (excludes halogenated alkanes) is 19. The Bertz CT molecular complexity index is 738. The van der Waals surface area contributed by atoms with Gasteiger partial charge in [0.1, 0.15) is 0 Å². The van der Waals surface area contributed by atoms with Crippen molar-refractivity contribution in [1.29, 1.82) is 0 Å². The van der Waals surface area contributed by atoms with Crippen LogP contribution in [0.25, 0.3) is 0 Å². The summed E-state index contributed by atoms with van der Waals surface area (Å²) in [6, 6.07) is 0. The molecule has 0 amide bonds. The van der Waals surface area contributed by atoms with E-state index in [1.807, 2.05) is 0 Å². The zero-order valence-corrected chi connectivity index (χ0v) is 30.5. The first-order chi connectivity index (χ1) is 22.0. The van der Waals surface area contributed by atoms with E-state index in [9.17, 15) is 29.7 Å². The van der Waals surface area contributed by atoms with Crippen LogP contribution in [-0.2, 0) is 14.4 Å². The van der Waals surface area contributed by atoms with E-state index in [1.165, 1.54) is 116 Å². The van der Waals surface area contributed by atoms with E-state index in [0.29, 0.717) is 43.4 Å². The molecule has 3 unspecified atom stereocenters. The summed E-state index contributed by atoms with van der Waals surface area (Å²) in [5.74, 6) is -4.30. The van der Waals surface area contributed by atoms with Crippen LogP contribution in [0.2, 0.25) is 0 Å². The van der Waals surface area contributed by atoms with E-state index in [-0.39, 0.29) is 0 Å². The van der Waals surface area contributed by atoms with Gasteiger partial charge in [0.25, 0.3) is 0 Å². The number of hydrogen-bond acceptors (Lipinski definition) is 4. The predicted molar refractivity (Wildman–Crippen MR) is 189 cm³/mol. The van der Waals surface area contributed by atoms with Gasteiger partial charge in [0.2, 0.25) is 0 Å². The van der Waals surface area contributed by atoms with Crippen molar-refractivity contribution < 1.29 is 34.2 Å². The molecule has 0 rings (SSSR count). The van der Waals surface area contributed by atoms with Gasteiger partial charge < -0.3 is 24.6 Å². The molecule has 0 heterocycles. The molecule has 0 aliphatic rings. The molecule has 0 bridgehead atoms. The fourth-order valence-corrected chi connectivity index (χ4v) is 6.32. The zero-order valence-electron chi connectivity index (χ0n) is 30.5. The van der Waals surface area contributed by atoms with Crippen LogP contribution >= 0.6 is 0 Å². The molecule has 0 radical (unpaired) electrons. The summed E-state index contributed by atoms with van der Waals surface area (Å²) >= 11 is 0. The van der Waals surface area contributed by atoms with Crippen molar-refractivity contribution in [2.45, 2.75) is 175 Å². The Labute approximate surface area is 283 Å². The Morgan fingerprint density at radius 3 is 1.13 bits per heavy atom. The number of rotatable bonds is 34. The fourth-order valence-electron chi connectivity index (χ4n) is 6.32. The first-order valence-electron chi connectivity index (χ1n) is 19.2. The molecule has 2 N–H and O–H groups in total. The molecule has 0 fully saturated rings. The maximum absolute atomic E-state index is 11.5. The van der Waals surface area contributed by atoms with E-state index >= 15 is 0 Å². The summed E-state index contributed by atoms with van der Waals surface area (Å²) < 4.78 is 0.588. The molecule has 0 saturated heterocycles. The molecule has 7 nitrogen and oxygen atoms in total. The van der Waals surface area contributed by atoms with E-state index in [4.69, 9.17) is 0 Å². The van der Waals surface area contributed by atoms with Crippen molar-refractivity contribution in [2.24, 2.45) is 17.8 Å². The van der Waals surface area contributed by atoms with Crippen molar-refractivity contribution in [2.75, 3.05) is 26.2 Å². The Kier molecular flexibility index (Phi) is 28.1. The monoisotopic (exact) mass is 652 g/mol. The first-order valence-corrected chi connectivity index (χ1v) is 19.2. The standard InChI is InChI=1S/C39H73NO6/c1-5-6-7-8-9-10-11-12-13-14-15-16-17-18-19-20-21-22-23-24-25-26-30-40(31-27-34(2)37(41)42,32-28-35(3)38(43)44)33-29-36(4)39(45)46/h5-6,34-36H,7-33H2,1-4H3,(H2-,41,42,43,44,45,46)/b6-5+. The Morgan fingerprint density at radius 2 is 0.826 bits per heavy atom. The number of nitrogens with zero attached hydrogens (tertiary/aromatic N) is 1. The van der Waals surface area contributed by atoms with Gasteiger partial charge in [0.05, 0.1) is 38.0 Å². The normalized spacial score (nSPS) is 15.0. The highest BCUT2D eigenvalue weighted by atomic mass is 16.4. The molecule has 270 valence electrons. The van der Waals surface area contributed by atoms with Crippen molar-refractivity contribution in [3.8, 4) is 0 Å². The third-order valence-corrected chi connectivity index (χ3v) is 10.1. The average Bonchev–Trinajstić information content (AvgIpc) is 3.03. The lowest BCUT2D eigenvalue weighted by atomic mass is 10.0. The van der Waals surface area contributed by atoms with Crippen LogP contribution in [0.4, 0.5) is 0 Å². The fraction of sp³-hybridized carbons (Fsp3) is 0.872. The molecule has 0 aromatic carbocycles. The number of carbonyl (C=O) groups is 3. The number of aliphatic carboxylic acids is 3. The average molecular weight is 652 g/mol. The summed E-state index contributed by atoms with van der Waals surface area (Å²) in [7, 11) is 0. The summed E-state index contributed by atoms with van der Waals surface area (Å²) in [4.78, 5) is 34.4. The molecule has 0 aliphatic heterocycles. The van der Waals surface area contributed by atoms with Crippen LogP contribution in [0.15, 0.2) is 12.2 Å². The quantitative estimate of drug-likeness (QED) is 0.0407. The van der Waals surface area contributed by atoms with Crippen LogP contribution in [0.5, 0.6) is 0 Å². The van der Waals surface area contributed by atoms with Gasteiger partial charge in [-0.25, -0.2) is 0 Å². The van der Waals surface area contributed by atoms with Crippen molar-refractivity contribution in [3.05, 3.63) is 12.2 Å². The lowest BCUT2D eigenvalue weighted by Crippen LogP contribution is -2.52. The minimum absolute atomic E-state index is 0.447. The van der Waals surface area contributed by atoms with Gasteiger partial charge in [-0.15, -0.1) is 0 Å². The van der Waals surface area contributed by atoms with Gasteiger partial charge in [-0.2, -0.15) is 0 Å². The van der Waals surface area contributed by atoms with Gasteiger partial charge in [0.15, 0.2) is 0 Å². The maximum atomic E-state index is 11.5. The predicted octanol–water partition coefficient (Wildman–Crippen LogP) is 9.18. The van der Waals surface area contributed by atoms with E-state index in [0.717, 1.165) is 19.4 Å². The number of carboxylic acids is 3. The van der Waals surface area contributed by atoms with Gasteiger partial charge in [-0.05, 0) is 32.6 Å². The summed E-state index contributed by atoms with van der Waals surface area (Å²) in [6.07, 6.45) is 32.1. The molecule has 0 aliphatic carbocycles. The third-order valence-electron chi connectivity index (χ3n) is 10.1. The highest BCUT2D eigenvalue weighted by molar-refractivity contribution is 5.69. The molecule has 3 atom stereocenters. The Morgan fingerprint density at radius 1 is 0.522 bits per heavy atom. The zero-order chi connectivity index (χ0) is 34.5. The van der Waals surface area contributed by atoms with Crippen LogP contribution in [0.1, 0.15) is 175 Å². The third kappa shape index (κ3) is 25.2. The largest absolute Gasteiger partial charge is 0.550 e. The molecule has 46 heavy (non-hydrogen) atoms. The summed E-state index contributed by atoms with van der Waals surface area (Å²) in [5.41, 5.74) is 0. The van der Waals surface area contributed by atoms with E-state index < -0.39 is 35.7 Å². The minimum Gasteiger partial charge on any atom is -0.550 e. The Hall–Kier alpha value is -1.89. The van der Waals surface area contributed by atoms with Crippen molar-refractivity contribution in [1.82, 2.24) is 0 Å². The lowest BCUT2D eigenvalue weighted by Gasteiger charge is -2.41. The van der Waals surface area contributed by atoms with Crippen LogP contribution in [-0.4, -0.2) is 58.8 Å². The maximum Gasteiger partial charge on any atom is 0.306 e. The smallest absolute Gasteiger partial charge is 0.306 e. The second kappa shape index (κ2) is 29.3. The molecule has 0 aromatic rings. The molecular weight excluding hydrogens is 578 g/mol. The second-order valence-corrected chi connectivity index (χ2v) is 14.4. The number of carboxylic acid groups (broad SMARTS) is 3. The molecule has 7 heteroatoms. The number of allylic oxidation sites excluding steroid dienone is 2. The first kappa shape index (κ1) is 44.1. The SMILES string of the molecule is C/C=C/CCCCCCCCCCCCCCCCCCCCC[N+](CCC(C)C(=O)[O-])(CCC(C)C(=O)O)CCC(C)C(=O)O. The van der Waals surface area contributed by atoms with Crippen LogP contribution in [0, 0.1) is 17.8 Å². The van der Waals surface area contributed by atoms with E-state index in [2.05, 4.69) is 19.1 Å².